The molecular formula is C13H17NOS. The second-order valence-corrected chi connectivity index (χ2v) is 5.30. The van der Waals surface area contributed by atoms with Crippen LogP contribution in [-0.4, -0.2) is 18.1 Å². The third-order valence-electron chi connectivity index (χ3n) is 2.71. The van der Waals surface area contributed by atoms with E-state index in [4.69, 9.17) is 0 Å². The number of aryl methyl sites for hydroxylation is 1. The fraction of sp³-hybridized carbons (Fsp3) is 0.462. The molecule has 1 aromatic carbocycles. The number of hydrogen-bond donors (Lipinski definition) is 1. The maximum atomic E-state index is 10.9. The van der Waals surface area contributed by atoms with Gasteiger partial charge in [0.15, 0.2) is 0 Å². The molecule has 1 aromatic rings. The van der Waals surface area contributed by atoms with Crippen molar-refractivity contribution in [2.45, 2.75) is 31.1 Å². The molecule has 3 heteroatoms. The minimum atomic E-state index is 0.284. The fourth-order valence-corrected chi connectivity index (χ4v) is 2.76. The first-order chi connectivity index (χ1) is 7.75. The number of fused-ring (bicyclic) bond motifs is 1. The van der Waals surface area contributed by atoms with Gasteiger partial charge in [-0.1, -0.05) is 6.07 Å². The maximum absolute atomic E-state index is 10.9. The van der Waals surface area contributed by atoms with Crippen molar-refractivity contribution < 1.29 is 4.79 Å². The average Bonchev–Trinajstić information content (AvgIpc) is 2.28. The molecule has 0 atom stereocenters. The highest BCUT2D eigenvalue weighted by atomic mass is 32.2. The summed E-state index contributed by atoms with van der Waals surface area (Å²) in [6.07, 6.45) is 2.65. The molecule has 0 amide bonds. The van der Waals surface area contributed by atoms with Crippen LogP contribution in [0.4, 0.5) is 5.69 Å². The van der Waals surface area contributed by atoms with Gasteiger partial charge in [-0.3, -0.25) is 0 Å². The van der Waals surface area contributed by atoms with E-state index >= 15 is 0 Å². The molecule has 16 heavy (non-hydrogen) atoms. The summed E-state index contributed by atoms with van der Waals surface area (Å²) >= 11 is 1.91. The van der Waals surface area contributed by atoms with Crippen molar-refractivity contribution in [3.05, 3.63) is 23.8 Å². The monoisotopic (exact) mass is 235 g/mol. The van der Waals surface area contributed by atoms with Crippen molar-refractivity contribution >= 4 is 23.2 Å². The topological polar surface area (TPSA) is 29.1 Å². The number of carbonyl (C=O) groups excluding carboxylic acids is 1. The van der Waals surface area contributed by atoms with Crippen LogP contribution in [0.25, 0.3) is 0 Å². The molecule has 0 saturated heterocycles. The van der Waals surface area contributed by atoms with E-state index < -0.39 is 0 Å². The van der Waals surface area contributed by atoms with Crippen molar-refractivity contribution in [3.63, 3.8) is 0 Å². The lowest BCUT2D eigenvalue weighted by Gasteiger charge is -2.18. The Morgan fingerprint density at radius 3 is 3.19 bits per heavy atom. The molecular weight excluding hydrogens is 218 g/mol. The Balaban J connectivity index is 1.97. The second-order valence-electron chi connectivity index (χ2n) is 4.16. The lowest BCUT2D eigenvalue weighted by Crippen LogP contribution is -2.10. The third kappa shape index (κ3) is 3.01. The van der Waals surface area contributed by atoms with E-state index in [1.807, 2.05) is 11.8 Å². The number of carbonyl (C=O) groups is 1. The lowest BCUT2D eigenvalue weighted by atomic mass is 10.1. The van der Waals surface area contributed by atoms with Gasteiger partial charge in [-0.25, -0.2) is 0 Å². The number of Topliss-reactive ketones (excluding diaryl/α,β-unsaturated/α-hetero) is 1. The Kier molecular flexibility index (Phi) is 3.88. The first-order valence-electron chi connectivity index (χ1n) is 5.75. The molecule has 1 aliphatic rings. The van der Waals surface area contributed by atoms with Crippen LogP contribution >= 0.6 is 11.8 Å². The molecule has 2 nitrogen and oxygen atoms in total. The van der Waals surface area contributed by atoms with Gasteiger partial charge in [-0.15, -0.1) is 11.8 Å². The molecule has 1 heterocycles. The number of ketones is 1. The summed E-state index contributed by atoms with van der Waals surface area (Å²) in [6, 6.07) is 6.59. The summed E-state index contributed by atoms with van der Waals surface area (Å²) in [4.78, 5) is 12.2. The number of hydrogen-bond acceptors (Lipinski definition) is 3. The van der Waals surface area contributed by atoms with Gasteiger partial charge in [0.2, 0.25) is 0 Å². The zero-order valence-electron chi connectivity index (χ0n) is 9.58. The van der Waals surface area contributed by atoms with Crippen LogP contribution in [0.3, 0.4) is 0 Å². The summed E-state index contributed by atoms with van der Waals surface area (Å²) in [5, 5.41) is 3.41. The van der Waals surface area contributed by atoms with Crippen LogP contribution in [-0.2, 0) is 11.2 Å². The van der Waals surface area contributed by atoms with Gasteiger partial charge in [0, 0.05) is 29.3 Å². The third-order valence-corrected chi connectivity index (χ3v) is 3.79. The number of rotatable bonds is 4. The van der Waals surface area contributed by atoms with E-state index in [1.165, 1.54) is 16.1 Å². The molecule has 1 aliphatic heterocycles. The molecule has 0 aliphatic carbocycles. The summed E-state index contributed by atoms with van der Waals surface area (Å²) in [6.45, 7) is 2.71. The molecule has 86 valence electrons. The van der Waals surface area contributed by atoms with E-state index in [1.54, 1.807) is 6.92 Å². The van der Waals surface area contributed by atoms with E-state index in [-0.39, 0.29) is 5.78 Å². The number of thioether (sulfide) groups is 1. The number of benzene rings is 1. The zero-order chi connectivity index (χ0) is 11.4. The summed E-state index contributed by atoms with van der Waals surface area (Å²) in [5.74, 6) is 1.43. The van der Waals surface area contributed by atoms with Crippen molar-refractivity contribution in [3.8, 4) is 0 Å². The lowest BCUT2D eigenvalue weighted by molar-refractivity contribution is -0.117. The Labute approximate surface area is 101 Å². The van der Waals surface area contributed by atoms with Crippen molar-refractivity contribution in [2.24, 2.45) is 0 Å². The highest BCUT2D eigenvalue weighted by Crippen LogP contribution is 2.31. The molecule has 2 rings (SSSR count). The van der Waals surface area contributed by atoms with Crippen molar-refractivity contribution in [2.75, 3.05) is 17.6 Å². The first kappa shape index (κ1) is 11.5. The van der Waals surface area contributed by atoms with Crippen molar-refractivity contribution in [1.82, 2.24) is 0 Å². The van der Waals surface area contributed by atoms with Crippen LogP contribution in [0.15, 0.2) is 23.1 Å². The summed E-state index contributed by atoms with van der Waals surface area (Å²) in [5.41, 5.74) is 2.59. The Hall–Kier alpha value is -0.960. The molecule has 1 N–H and O–H groups in total. The highest BCUT2D eigenvalue weighted by molar-refractivity contribution is 7.99. The van der Waals surface area contributed by atoms with Crippen molar-refractivity contribution in [1.29, 1.82) is 0 Å². The van der Waals surface area contributed by atoms with Crippen LogP contribution < -0.4 is 5.32 Å². The number of anilines is 1. The largest absolute Gasteiger partial charge is 0.383 e. The first-order valence-corrected chi connectivity index (χ1v) is 6.73. The van der Waals surface area contributed by atoms with Gasteiger partial charge >= 0.3 is 0 Å². The molecule has 0 radical (unpaired) electrons. The van der Waals surface area contributed by atoms with Gasteiger partial charge in [0.25, 0.3) is 0 Å². The van der Waals surface area contributed by atoms with Gasteiger partial charge < -0.3 is 10.1 Å². The van der Waals surface area contributed by atoms with Crippen LogP contribution in [0.2, 0.25) is 0 Å². The standard InChI is InChI=1S/C13H17NOS/c1-10(15)3-2-4-11-5-6-13-12(9-11)14-7-8-16-13/h5-6,9,14H,2-4,7-8H2,1H3. The van der Waals surface area contributed by atoms with Gasteiger partial charge in [-0.2, -0.15) is 0 Å². The summed E-state index contributed by atoms with van der Waals surface area (Å²) in [7, 11) is 0. The average molecular weight is 235 g/mol. The molecule has 0 bridgehead atoms. The smallest absolute Gasteiger partial charge is 0.129 e. The quantitative estimate of drug-likeness (QED) is 0.869. The van der Waals surface area contributed by atoms with E-state index in [9.17, 15) is 4.79 Å². The Morgan fingerprint density at radius 1 is 1.50 bits per heavy atom. The molecule has 0 spiro atoms. The fourth-order valence-electron chi connectivity index (χ4n) is 1.88. The normalized spacial score (nSPS) is 14.1. The summed E-state index contributed by atoms with van der Waals surface area (Å²) < 4.78 is 0. The van der Waals surface area contributed by atoms with Crippen LogP contribution in [0, 0.1) is 0 Å². The van der Waals surface area contributed by atoms with E-state index in [2.05, 4.69) is 23.5 Å². The van der Waals surface area contributed by atoms with E-state index in [0.717, 1.165) is 25.1 Å². The molecule has 0 aromatic heterocycles. The second kappa shape index (κ2) is 5.39. The van der Waals surface area contributed by atoms with Crippen LogP contribution in [0.5, 0.6) is 0 Å². The predicted octanol–water partition coefficient (Wildman–Crippen LogP) is 3.12. The van der Waals surface area contributed by atoms with Crippen LogP contribution in [0.1, 0.15) is 25.3 Å². The molecule has 0 unspecified atom stereocenters. The highest BCUT2D eigenvalue weighted by Gasteiger charge is 2.09. The number of nitrogens with one attached hydrogen (secondary N) is 1. The van der Waals surface area contributed by atoms with Gasteiger partial charge in [0.1, 0.15) is 5.78 Å². The molecule has 0 saturated carbocycles. The minimum Gasteiger partial charge on any atom is -0.383 e. The van der Waals surface area contributed by atoms with Gasteiger partial charge in [-0.05, 0) is 37.5 Å². The Morgan fingerprint density at radius 2 is 2.38 bits per heavy atom. The SMILES string of the molecule is CC(=O)CCCc1ccc2c(c1)NCCS2. The Bertz CT molecular complexity index is 390. The zero-order valence-corrected chi connectivity index (χ0v) is 10.4. The minimum absolute atomic E-state index is 0.284. The van der Waals surface area contributed by atoms with Gasteiger partial charge in [0.05, 0.1) is 0 Å². The van der Waals surface area contributed by atoms with E-state index in [0.29, 0.717) is 6.42 Å². The predicted molar refractivity (Wildman–Crippen MR) is 69.3 cm³/mol. The maximum Gasteiger partial charge on any atom is 0.129 e. The molecule has 0 fully saturated rings.